The first-order chi connectivity index (χ1) is 15.0. The third kappa shape index (κ3) is 5.94. The quantitative estimate of drug-likeness (QED) is 0.421. The van der Waals surface area contributed by atoms with Gasteiger partial charge in [0.2, 0.25) is 0 Å². The molecule has 0 saturated carbocycles. The van der Waals surface area contributed by atoms with Gasteiger partial charge in [0.25, 0.3) is 5.91 Å². The molecule has 0 bridgehead atoms. The van der Waals surface area contributed by atoms with Gasteiger partial charge in [0.1, 0.15) is 24.1 Å². The van der Waals surface area contributed by atoms with Crippen molar-refractivity contribution >= 4 is 17.7 Å². The van der Waals surface area contributed by atoms with E-state index < -0.39 is 5.91 Å². The highest BCUT2D eigenvalue weighted by Gasteiger charge is 2.11. The molecule has 1 amide bonds. The summed E-state index contributed by atoms with van der Waals surface area (Å²) >= 11 is 0. The van der Waals surface area contributed by atoms with E-state index >= 15 is 0 Å². The Morgan fingerprint density at radius 1 is 1.10 bits per heavy atom. The Labute approximate surface area is 180 Å². The maximum atomic E-state index is 13.0. The van der Waals surface area contributed by atoms with Gasteiger partial charge in [0, 0.05) is 5.69 Å². The van der Waals surface area contributed by atoms with Gasteiger partial charge in [-0.15, -0.1) is 0 Å². The van der Waals surface area contributed by atoms with Gasteiger partial charge in [-0.25, -0.2) is 4.39 Å². The molecule has 0 aliphatic rings. The molecule has 0 saturated heterocycles. The van der Waals surface area contributed by atoms with Crippen molar-refractivity contribution in [1.82, 2.24) is 0 Å². The fourth-order valence-corrected chi connectivity index (χ4v) is 2.87. The first-order valence-electron chi connectivity index (χ1n) is 9.53. The number of benzene rings is 3. The van der Waals surface area contributed by atoms with Crippen molar-refractivity contribution in [3.63, 3.8) is 0 Å². The summed E-state index contributed by atoms with van der Waals surface area (Å²) in [6, 6.07) is 20.4. The third-order valence-electron chi connectivity index (χ3n) is 4.45. The van der Waals surface area contributed by atoms with Crippen LogP contribution in [0.3, 0.4) is 0 Å². The summed E-state index contributed by atoms with van der Waals surface area (Å²) in [4.78, 5) is 12.5. The zero-order chi connectivity index (χ0) is 22.2. The Morgan fingerprint density at radius 2 is 1.87 bits per heavy atom. The third-order valence-corrected chi connectivity index (χ3v) is 4.45. The van der Waals surface area contributed by atoms with Crippen LogP contribution in [0.4, 0.5) is 10.1 Å². The second-order valence-electron chi connectivity index (χ2n) is 6.82. The minimum absolute atomic E-state index is 0.0384. The predicted octanol–water partition coefficient (Wildman–Crippen LogP) is 5.27. The van der Waals surface area contributed by atoms with Gasteiger partial charge in [-0.2, -0.15) is 5.26 Å². The van der Waals surface area contributed by atoms with Crippen molar-refractivity contribution in [2.45, 2.75) is 13.5 Å². The Hall–Kier alpha value is -4.11. The van der Waals surface area contributed by atoms with Gasteiger partial charge >= 0.3 is 0 Å². The Morgan fingerprint density at radius 3 is 2.55 bits per heavy atom. The number of hydrogen-bond donors (Lipinski definition) is 1. The molecule has 3 aromatic rings. The molecule has 0 unspecified atom stereocenters. The molecule has 0 aliphatic heterocycles. The van der Waals surface area contributed by atoms with Crippen molar-refractivity contribution in [2.24, 2.45) is 0 Å². The summed E-state index contributed by atoms with van der Waals surface area (Å²) < 4.78 is 24.2. The summed E-state index contributed by atoms with van der Waals surface area (Å²) in [6.45, 7) is 2.16. The normalized spacial score (nSPS) is 10.8. The van der Waals surface area contributed by atoms with Gasteiger partial charge in [-0.1, -0.05) is 30.3 Å². The number of nitrogens with one attached hydrogen (secondary N) is 1. The molecule has 0 fully saturated rings. The molecule has 156 valence electrons. The summed E-state index contributed by atoms with van der Waals surface area (Å²) in [6.07, 6.45) is 1.48. The number of rotatable bonds is 7. The van der Waals surface area contributed by atoms with Crippen LogP contribution >= 0.6 is 0 Å². The lowest BCUT2D eigenvalue weighted by molar-refractivity contribution is -0.112. The lowest BCUT2D eigenvalue weighted by Crippen LogP contribution is -2.13. The van der Waals surface area contributed by atoms with Crippen LogP contribution in [0.1, 0.15) is 16.7 Å². The first-order valence-corrected chi connectivity index (χ1v) is 9.53. The molecule has 0 heterocycles. The lowest BCUT2D eigenvalue weighted by Gasteiger charge is -2.12. The summed E-state index contributed by atoms with van der Waals surface area (Å²) in [5.74, 6) is 0.139. The molecule has 1 N–H and O–H groups in total. The van der Waals surface area contributed by atoms with Gasteiger partial charge in [-0.05, 0) is 66.1 Å². The highest BCUT2D eigenvalue weighted by Crippen LogP contribution is 2.30. The second kappa shape index (κ2) is 10.1. The Balaban J connectivity index is 1.74. The van der Waals surface area contributed by atoms with E-state index in [0.717, 1.165) is 11.1 Å². The van der Waals surface area contributed by atoms with Crippen LogP contribution in [0, 0.1) is 24.1 Å². The minimum Gasteiger partial charge on any atom is -0.493 e. The van der Waals surface area contributed by atoms with E-state index in [4.69, 9.17) is 9.47 Å². The molecule has 5 nitrogen and oxygen atoms in total. The number of methoxy groups -OCH3 is 1. The fraction of sp³-hybridized carbons (Fsp3) is 0.120. The molecular weight excluding hydrogens is 395 g/mol. The van der Waals surface area contributed by atoms with E-state index in [1.54, 1.807) is 36.4 Å². The number of halogens is 1. The molecule has 0 spiro atoms. The number of aryl methyl sites for hydroxylation is 1. The van der Waals surface area contributed by atoms with Gasteiger partial charge in [-0.3, -0.25) is 4.79 Å². The monoisotopic (exact) mass is 416 g/mol. The van der Waals surface area contributed by atoms with Crippen molar-refractivity contribution < 1.29 is 18.7 Å². The molecular formula is C25H21FN2O3. The van der Waals surface area contributed by atoms with Crippen molar-refractivity contribution in [3.05, 3.63) is 94.8 Å². The predicted molar refractivity (Wildman–Crippen MR) is 117 cm³/mol. The van der Waals surface area contributed by atoms with E-state index in [0.29, 0.717) is 22.7 Å². The lowest BCUT2D eigenvalue weighted by atomic mass is 10.1. The number of amides is 1. The number of nitriles is 1. The number of carbonyl (C=O) groups is 1. The van der Waals surface area contributed by atoms with E-state index in [-0.39, 0.29) is 18.0 Å². The number of carbonyl (C=O) groups excluding carboxylic acids is 1. The maximum absolute atomic E-state index is 13.0. The van der Waals surface area contributed by atoms with E-state index in [1.807, 2.05) is 31.2 Å². The first kappa shape index (κ1) is 21.6. The zero-order valence-corrected chi connectivity index (χ0v) is 17.2. The maximum Gasteiger partial charge on any atom is 0.266 e. The number of nitrogens with zero attached hydrogens (tertiary/aromatic N) is 1. The SMILES string of the molecule is COc1cc(/C=C(/C#N)C(=O)Nc2cccc(C)c2)ccc1OCc1ccc(F)cc1. The largest absolute Gasteiger partial charge is 0.493 e. The average molecular weight is 416 g/mol. The average Bonchev–Trinajstić information content (AvgIpc) is 2.77. The van der Waals surface area contributed by atoms with Crippen LogP contribution in [-0.4, -0.2) is 13.0 Å². The van der Waals surface area contributed by atoms with Gasteiger partial charge < -0.3 is 14.8 Å². The van der Waals surface area contributed by atoms with Gasteiger partial charge in [0.05, 0.1) is 7.11 Å². The second-order valence-corrected chi connectivity index (χ2v) is 6.82. The summed E-state index contributed by atoms with van der Waals surface area (Å²) in [5, 5.41) is 12.2. The number of hydrogen-bond acceptors (Lipinski definition) is 4. The molecule has 6 heteroatoms. The van der Waals surface area contributed by atoms with Crippen molar-refractivity contribution in [2.75, 3.05) is 12.4 Å². The van der Waals surface area contributed by atoms with Gasteiger partial charge in [0.15, 0.2) is 11.5 Å². The molecule has 0 atom stereocenters. The van der Waals surface area contributed by atoms with Crippen LogP contribution in [0.5, 0.6) is 11.5 Å². The highest BCUT2D eigenvalue weighted by molar-refractivity contribution is 6.09. The van der Waals surface area contributed by atoms with E-state index in [9.17, 15) is 14.4 Å². The zero-order valence-electron chi connectivity index (χ0n) is 17.2. The van der Waals surface area contributed by atoms with Crippen LogP contribution < -0.4 is 14.8 Å². The molecule has 31 heavy (non-hydrogen) atoms. The highest BCUT2D eigenvalue weighted by atomic mass is 19.1. The Bertz CT molecular complexity index is 1150. The number of ether oxygens (including phenoxy) is 2. The van der Waals surface area contributed by atoms with Crippen LogP contribution in [-0.2, 0) is 11.4 Å². The number of anilines is 1. The van der Waals surface area contributed by atoms with E-state index in [2.05, 4.69) is 5.32 Å². The molecule has 3 rings (SSSR count). The van der Waals surface area contributed by atoms with Crippen LogP contribution in [0.2, 0.25) is 0 Å². The van der Waals surface area contributed by atoms with Crippen molar-refractivity contribution in [3.8, 4) is 17.6 Å². The molecule has 0 radical (unpaired) electrons. The molecule has 0 aromatic heterocycles. The van der Waals surface area contributed by atoms with E-state index in [1.165, 1.54) is 25.3 Å². The summed E-state index contributed by atoms with van der Waals surface area (Å²) in [5.41, 5.74) is 3.01. The Kier molecular flexibility index (Phi) is 7.02. The molecule has 3 aromatic carbocycles. The van der Waals surface area contributed by atoms with Crippen LogP contribution in [0.25, 0.3) is 6.08 Å². The fourth-order valence-electron chi connectivity index (χ4n) is 2.87. The standard InChI is InChI=1S/C25H21FN2O3/c1-17-4-3-5-22(12-17)28-25(29)20(15-27)13-19-8-11-23(24(14-19)30-2)31-16-18-6-9-21(26)10-7-18/h3-14H,16H2,1-2H3,(H,28,29)/b20-13-. The summed E-state index contributed by atoms with van der Waals surface area (Å²) in [7, 11) is 1.50. The molecule has 0 aliphatic carbocycles. The van der Waals surface area contributed by atoms with Crippen LogP contribution in [0.15, 0.2) is 72.3 Å². The smallest absolute Gasteiger partial charge is 0.266 e. The topological polar surface area (TPSA) is 71.3 Å². The minimum atomic E-state index is -0.497. The van der Waals surface area contributed by atoms with Crippen molar-refractivity contribution in [1.29, 1.82) is 5.26 Å².